The van der Waals surface area contributed by atoms with E-state index in [-0.39, 0.29) is 5.91 Å². The molecule has 160 valence electrons. The molecule has 1 aliphatic heterocycles. The van der Waals surface area contributed by atoms with Gasteiger partial charge in [0.05, 0.1) is 16.8 Å². The monoisotopic (exact) mass is 421 g/mol. The molecule has 0 spiro atoms. The van der Waals surface area contributed by atoms with Gasteiger partial charge in [0.15, 0.2) is 0 Å². The number of hydrogen-bond acceptors (Lipinski definition) is 3. The van der Waals surface area contributed by atoms with Gasteiger partial charge >= 0.3 is 0 Å². The van der Waals surface area contributed by atoms with Gasteiger partial charge in [-0.2, -0.15) is 0 Å². The quantitative estimate of drug-likeness (QED) is 0.439. The summed E-state index contributed by atoms with van der Waals surface area (Å²) in [5, 5.41) is 0.913. The number of carbonyl (C=O) groups is 1. The van der Waals surface area contributed by atoms with Gasteiger partial charge in [-0.1, -0.05) is 60.2 Å². The highest BCUT2D eigenvalue weighted by atomic mass is 16.2. The maximum absolute atomic E-state index is 13.7. The van der Waals surface area contributed by atoms with Crippen molar-refractivity contribution in [2.75, 3.05) is 31.1 Å². The van der Waals surface area contributed by atoms with Crippen LogP contribution in [0, 0.1) is 13.8 Å². The number of aromatic nitrogens is 1. The summed E-state index contributed by atoms with van der Waals surface area (Å²) in [6.07, 6.45) is 0. The van der Waals surface area contributed by atoms with Gasteiger partial charge < -0.3 is 9.80 Å². The van der Waals surface area contributed by atoms with Crippen LogP contribution in [0.1, 0.15) is 21.5 Å². The van der Waals surface area contributed by atoms with E-state index >= 15 is 0 Å². The molecule has 0 bridgehead atoms. The summed E-state index contributed by atoms with van der Waals surface area (Å²) in [5.41, 5.74) is 7.13. The van der Waals surface area contributed by atoms with E-state index < -0.39 is 0 Å². The number of benzene rings is 3. The predicted octanol–water partition coefficient (Wildman–Crippen LogP) is 5.48. The highest BCUT2D eigenvalue weighted by Crippen LogP contribution is 2.29. The third-order valence-electron chi connectivity index (χ3n) is 6.29. The third-order valence-corrected chi connectivity index (χ3v) is 6.29. The highest BCUT2D eigenvalue weighted by molar-refractivity contribution is 6.07. The molecule has 0 saturated carbocycles. The molecule has 0 radical (unpaired) electrons. The van der Waals surface area contributed by atoms with E-state index in [1.807, 2.05) is 41.3 Å². The van der Waals surface area contributed by atoms with E-state index in [0.29, 0.717) is 13.1 Å². The first kappa shape index (κ1) is 20.3. The number of rotatable bonds is 3. The van der Waals surface area contributed by atoms with Crippen LogP contribution in [-0.4, -0.2) is 42.0 Å². The van der Waals surface area contributed by atoms with E-state index in [4.69, 9.17) is 4.98 Å². The first-order valence-corrected chi connectivity index (χ1v) is 11.2. The average molecular weight is 422 g/mol. The molecule has 1 aliphatic rings. The van der Waals surface area contributed by atoms with Crippen LogP contribution < -0.4 is 4.90 Å². The maximum Gasteiger partial charge on any atom is 0.254 e. The lowest BCUT2D eigenvalue weighted by Crippen LogP contribution is -2.48. The molecule has 0 atom stereocenters. The van der Waals surface area contributed by atoms with Gasteiger partial charge in [0.1, 0.15) is 0 Å². The van der Waals surface area contributed by atoms with Crippen molar-refractivity contribution in [3.63, 3.8) is 0 Å². The second kappa shape index (κ2) is 8.46. The van der Waals surface area contributed by atoms with Crippen LogP contribution in [0.4, 0.5) is 5.69 Å². The fourth-order valence-corrected chi connectivity index (χ4v) is 4.57. The highest BCUT2D eigenvalue weighted by Gasteiger charge is 2.24. The molecule has 1 fully saturated rings. The number of pyridine rings is 1. The minimum Gasteiger partial charge on any atom is -0.368 e. The van der Waals surface area contributed by atoms with E-state index in [9.17, 15) is 4.79 Å². The molecule has 2 heterocycles. The summed E-state index contributed by atoms with van der Waals surface area (Å²) in [4.78, 5) is 22.9. The van der Waals surface area contributed by atoms with Crippen LogP contribution in [0.15, 0.2) is 78.9 Å². The molecule has 3 aromatic carbocycles. The van der Waals surface area contributed by atoms with Crippen molar-refractivity contribution in [2.45, 2.75) is 13.8 Å². The summed E-state index contributed by atoms with van der Waals surface area (Å²) < 4.78 is 0. The zero-order valence-corrected chi connectivity index (χ0v) is 18.6. The van der Waals surface area contributed by atoms with Crippen LogP contribution in [0.25, 0.3) is 22.2 Å². The molecule has 0 unspecified atom stereocenters. The molecular weight excluding hydrogens is 394 g/mol. The average Bonchev–Trinajstić information content (AvgIpc) is 2.83. The van der Waals surface area contributed by atoms with Gasteiger partial charge in [-0.3, -0.25) is 4.79 Å². The Bertz CT molecular complexity index is 1270. The lowest BCUT2D eigenvalue weighted by Gasteiger charge is -2.36. The Morgan fingerprint density at radius 3 is 2.28 bits per heavy atom. The number of para-hydroxylation sites is 2. The predicted molar refractivity (Wildman–Crippen MR) is 131 cm³/mol. The number of piperazine rings is 1. The van der Waals surface area contributed by atoms with Crippen molar-refractivity contribution >= 4 is 22.5 Å². The summed E-state index contributed by atoms with van der Waals surface area (Å²) in [6, 6.07) is 26.7. The standard InChI is InChI=1S/C28H27N3O/c1-20-12-13-23(21(2)18-20)27-19-25(24-10-6-7-11-26(24)29-27)28(32)31-16-14-30(15-17-31)22-8-4-3-5-9-22/h3-13,18-19H,14-17H2,1-2H3. The third kappa shape index (κ3) is 3.84. The molecule has 1 amide bonds. The smallest absolute Gasteiger partial charge is 0.254 e. The minimum atomic E-state index is 0.0855. The van der Waals surface area contributed by atoms with Crippen molar-refractivity contribution in [1.29, 1.82) is 0 Å². The van der Waals surface area contributed by atoms with Crippen molar-refractivity contribution in [3.05, 3.63) is 95.6 Å². The number of hydrogen-bond donors (Lipinski definition) is 0. The van der Waals surface area contributed by atoms with E-state index in [2.05, 4.69) is 61.2 Å². The minimum absolute atomic E-state index is 0.0855. The number of aryl methyl sites for hydroxylation is 2. The van der Waals surface area contributed by atoms with E-state index in [0.717, 1.165) is 40.8 Å². The zero-order chi connectivity index (χ0) is 22.1. The molecule has 1 saturated heterocycles. The van der Waals surface area contributed by atoms with Crippen LogP contribution >= 0.6 is 0 Å². The van der Waals surface area contributed by atoms with E-state index in [1.165, 1.54) is 16.8 Å². The fourth-order valence-electron chi connectivity index (χ4n) is 4.57. The van der Waals surface area contributed by atoms with Gasteiger partial charge in [0, 0.05) is 42.8 Å². The second-order valence-electron chi connectivity index (χ2n) is 8.51. The molecule has 5 rings (SSSR count). The molecule has 1 aromatic heterocycles. The lowest BCUT2D eigenvalue weighted by molar-refractivity contribution is 0.0748. The van der Waals surface area contributed by atoms with Gasteiger partial charge in [-0.05, 0) is 43.7 Å². The molecule has 0 N–H and O–H groups in total. The molecule has 32 heavy (non-hydrogen) atoms. The first-order chi connectivity index (χ1) is 15.6. The number of anilines is 1. The molecule has 4 heteroatoms. The number of carbonyl (C=O) groups excluding carboxylic acids is 1. The van der Waals surface area contributed by atoms with Crippen LogP contribution in [0.2, 0.25) is 0 Å². The Kier molecular flexibility index (Phi) is 5.36. The van der Waals surface area contributed by atoms with Crippen molar-refractivity contribution < 1.29 is 4.79 Å². The SMILES string of the molecule is Cc1ccc(-c2cc(C(=O)N3CCN(c4ccccc4)CC3)c3ccccc3n2)c(C)c1. The summed E-state index contributed by atoms with van der Waals surface area (Å²) in [5.74, 6) is 0.0855. The summed E-state index contributed by atoms with van der Waals surface area (Å²) >= 11 is 0. The first-order valence-electron chi connectivity index (χ1n) is 11.2. The van der Waals surface area contributed by atoms with Gasteiger partial charge in [0.2, 0.25) is 0 Å². The van der Waals surface area contributed by atoms with Crippen LogP contribution in [0.3, 0.4) is 0 Å². The molecule has 4 nitrogen and oxygen atoms in total. The Morgan fingerprint density at radius 2 is 1.53 bits per heavy atom. The normalized spacial score (nSPS) is 14.1. The molecule has 4 aromatic rings. The van der Waals surface area contributed by atoms with Gasteiger partial charge in [0.25, 0.3) is 5.91 Å². The number of nitrogens with zero attached hydrogens (tertiary/aromatic N) is 3. The van der Waals surface area contributed by atoms with Crippen molar-refractivity contribution in [3.8, 4) is 11.3 Å². The fraction of sp³-hybridized carbons (Fsp3) is 0.214. The van der Waals surface area contributed by atoms with Gasteiger partial charge in [-0.25, -0.2) is 4.98 Å². The summed E-state index contributed by atoms with van der Waals surface area (Å²) in [6.45, 7) is 7.29. The molecule has 0 aliphatic carbocycles. The largest absolute Gasteiger partial charge is 0.368 e. The lowest BCUT2D eigenvalue weighted by atomic mass is 9.99. The van der Waals surface area contributed by atoms with E-state index in [1.54, 1.807) is 0 Å². The number of fused-ring (bicyclic) bond motifs is 1. The topological polar surface area (TPSA) is 36.4 Å². The van der Waals surface area contributed by atoms with Crippen LogP contribution in [0.5, 0.6) is 0 Å². The Labute approximate surface area is 189 Å². The Hall–Kier alpha value is -3.66. The second-order valence-corrected chi connectivity index (χ2v) is 8.51. The zero-order valence-electron chi connectivity index (χ0n) is 18.6. The molecular formula is C28H27N3O. The Morgan fingerprint density at radius 1 is 0.812 bits per heavy atom. The Balaban J connectivity index is 1.47. The van der Waals surface area contributed by atoms with Crippen molar-refractivity contribution in [1.82, 2.24) is 9.88 Å². The maximum atomic E-state index is 13.7. The van der Waals surface area contributed by atoms with Gasteiger partial charge in [-0.15, -0.1) is 0 Å². The number of amides is 1. The van der Waals surface area contributed by atoms with Crippen LogP contribution in [-0.2, 0) is 0 Å². The summed E-state index contributed by atoms with van der Waals surface area (Å²) in [7, 11) is 0. The van der Waals surface area contributed by atoms with Crippen molar-refractivity contribution in [2.24, 2.45) is 0 Å².